The Morgan fingerprint density at radius 3 is 3.18 bits per heavy atom. The van der Waals surface area contributed by atoms with Gasteiger partial charge in [-0.05, 0) is 6.92 Å². The van der Waals surface area contributed by atoms with Crippen LogP contribution in [0.25, 0.3) is 0 Å². The van der Waals surface area contributed by atoms with E-state index in [1.165, 1.54) is 0 Å². The second-order valence-corrected chi connectivity index (χ2v) is 4.03. The molecule has 1 heterocycles. The van der Waals surface area contributed by atoms with Crippen LogP contribution in [0, 0.1) is 0 Å². The van der Waals surface area contributed by atoms with E-state index >= 15 is 0 Å². The molecule has 0 aromatic carbocycles. The number of thiazole rings is 1. The van der Waals surface area contributed by atoms with Gasteiger partial charge in [-0.25, -0.2) is 4.98 Å². The van der Waals surface area contributed by atoms with Crippen molar-refractivity contribution in [2.24, 2.45) is 0 Å². The van der Waals surface area contributed by atoms with Crippen LogP contribution in [0.15, 0.2) is 11.6 Å². The Morgan fingerprint density at radius 2 is 2.64 bits per heavy atom. The maximum atomic E-state index is 5.24. The Morgan fingerprint density at radius 1 is 1.82 bits per heavy atom. The molecule has 0 aliphatic rings. The van der Waals surface area contributed by atoms with Gasteiger partial charge in [-0.3, -0.25) is 0 Å². The minimum atomic E-state index is 0.252. The molecular formula is C7H10BrNOS. The molecule has 11 heavy (non-hydrogen) atoms. The van der Waals surface area contributed by atoms with E-state index in [0.29, 0.717) is 6.61 Å². The lowest BCUT2D eigenvalue weighted by atomic mass is 10.5. The van der Waals surface area contributed by atoms with E-state index in [9.17, 15) is 0 Å². The lowest BCUT2D eigenvalue weighted by Crippen LogP contribution is -2.00. The summed E-state index contributed by atoms with van der Waals surface area (Å²) in [4.78, 5) is 4.41. The standard InChI is InChI=1S/C7H10BrNOS/c1-2-10-5-6(8)7-9-3-4-11-7/h3-4,6H,2,5H2,1H3. The normalized spacial score (nSPS) is 13.3. The van der Waals surface area contributed by atoms with Crippen LogP contribution >= 0.6 is 27.3 Å². The first-order chi connectivity index (χ1) is 5.34. The fourth-order valence-corrected chi connectivity index (χ4v) is 1.91. The number of hydrogen-bond acceptors (Lipinski definition) is 3. The zero-order valence-electron chi connectivity index (χ0n) is 6.29. The predicted molar refractivity (Wildman–Crippen MR) is 50.3 cm³/mol. The summed E-state index contributed by atoms with van der Waals surface area (Å²) in [6.45, 7) is 3.44. The molecule has 1 rings (SSSR count). The maximum Gasteiger partial charge on any atom is 0.108 e. The Hall–Kier alpha value is 0.0700. The lowest BCUT2D eigenvalue weighted by molar-refractivity contribution is 0.150. The van der Waals surface area contributed by atoms with Crippen LogP contribution in [0.5, 0.6) is 0 Å². The highest BCUT2D eigenvalue weighted by molar-refractivity contribution is 9.09. The number of ether oxygens (including phenoxy) is 1. The number of halogens is 1. The van der Waals surface area contributed by atoms with Gasteiger partial charge in [0.05, 0.1) is 11.4 Å². The van der Waals surface area contributed by atoms with Gasteiger partial charge in [0.25, 0.3) is 0 Å². The Kier molecular flexibility index (Phi) is 4.04. The molecule has 0 aliphatic carbocycles. The minimum Gasteiger partial charge on any atom is -0.380 e. The molecule has 0 radical (unpaired) electrons. The number of rotatable bonds is 4. The van der Waals surface area contributed by atoms with Crippen molar-refractivity contribution >= 4 is 27.3 Å². The smallest absolute Gasteiger partial charge is 0.108 e. The summed E-state index contributed by atoms with van der Waals surface area (Å²) >= 11 is 5.13. The number of hydrogen-bond donors (Lipinski definition) is 0. The summed E-state index contributed by atoms with van der Waals surface area (Å²) in [6.07, 6.45) is 1.81. The van der Waals surface area contributed by atoms with Crippen LogP contribution in [0.4, 0.5) is 0 Å². The van der Waals surface area contributed by atoms with Crippen molar-refractivity contribution in [2.45, 2.75) is 11.8 Å². The van der Waals surface area contributed by atoms with Gasteiger partial charge in [0.15, 0.2) is 0 Å². The van der Waals surface area contributed by atoms with E-state index in [0.717, 1.165) is 11.6 Å². The van der Waals surface area contributed by atoms with E-state index in [1.807, 2.05) is 12.3 Å². The van der Waals surface area contributed by atoms with E-state index < -0.39 is 0 Å². The number of aromatic nitrogens is 1. The largest absolute Gasteiger partial charge is 0.380 e. The average molecular weight is 236 g/mol. The SMILES string of the molecule is CCOCC(Br)c1nccs1. The van der Waals surface area contributed by atoms with Gasteiger partial charge in [-0.1, -0.05) is 15.9 Å². The second kappa shape index (κ2) is 4.85. The zero-order valence-corrected chi connectivity index (χ0v) is 8.69. The fraction of sp³-hybridized carbons (Fsp3) is 0.571. The van der Waals surface area contributed by atoms with Gasteiger partial charge in [0.2, 0.25) is 0 Å². The van der Waals surface area contributed by atoms with Crippen molar-refractivity contribution in [1.82, 2.24) is 4.98 Å². The molecule has 1 unspecified atom stereocenters. The van der Waals surface area contributed by atoms with Crippen molar-refractivity contribution < 1.29 is 4.74 Å². The van der Waals surface area contributed by atoms with Crippen molar-refractivity contribution in [3.8, 4) is 0 Å². The van der Waals surface area contributed by atoms with Gasteiger partial charge in [-0.2, -0.15) is 0 Å². The molecule has 62 valence electrons. The Balaban J connectivity index is 2.36. The molecule has 0 amide bonds. The molecule has 0 bridgehead atoms. The van der Waals surface area contributed by atoms with E-state index in [2.05, 4.69) is 20.9 Å². The molecule has 0 aliphatic heterocycles. The number of alkyl halides is 1. The third-order valence-corrected chi connectivity index (χ3v) is 3.08. The first-order valence-electron chi connectivity index (χ1n) is 3.45. The number of nitrogens with zero attached hydrogens (tertiary/aromatic N) is 1. The molecule has 0 spiro atoms. The zero-order chi connectivity index (χ0) is 8.10. The third kappa shape index (κ3) is 2.89. The van der Waals surface area contributed by atoms with Crippen LogP contribution in [0.1, 0.15) is 16.8 Å². The second-order valence-electron chi connectivity index (χ2n) is 2.00. The van der Waals surface area contributed by atoms with Gasteiger partial charge in [0.1, 0.15) is 5.01 Å². The topological polar surface area (TPSA) is 22.1 Å². The molecule has 4 heteroatoms. The molecule has 0 saturated heterocycles. The summed E-state index contributed by atoms with van der Waals surface area (Å²) < 4.78 is 5.24. The molecule has 0 saturated carbocycles. The summed E-state index contributed by atoms with van der Waals surface area (Å²) in [6, 6.07) is 0. The quantitative estimate of drug-likeness (QED) is 0.749. The molecule has 1 aromatic rings. The predicted octanol–water partition coefficient (Wildman–Crippen LogP) is 2.62. The first-order valence-corrected chi connectivity index (χ1v) is 5.25. The van der Waals surface area contributed by atoms with E-state index in [1.54, 1.807) is 17.5 Å². The summed E-state index contributed by atoms with van der Waals surface area (Å²) in [5.74, 6) is 0. The van der Waals surface area contributed by atoms with Crippen molar-refractivity contribution in [3.05, 3.63) is 16.6 Å². The molecule has 1 atom stereocenters. The monoisotopic (exact) mass is 235 g/mol. The Labute approximate surface area is 78.7 Å². The summed E-state index contributed by atoms with van der Waals surface area (Å²) in [5.41, 5.74) is 0. The van der Waals surface area contributed by atoms with Crippen molar-refractivity contribution in [1.29, 1.82) is 0 Å². The molecule has 1 aromatic heterocycles. The molecule has 0 fully saturated rings. The van der Waals surface area contributed by atoms with Crippen LogP contribution < -0.4 is 0 Å². The van der Waals surface area contributed by atoms with E-state index in [-0.39, 0.29) is 4.83 Å². The average Bonchev–Trinajstić information content (AvgIpc) is 2.52. The highest BCUT2D eigenvalue weighted by Gasteiger charge is 2.08. The van der Waals surface area contributed by atoms with Crippen LogP contribution in [0.2, 0.25) is 0 Å². The molecular weight excluding hydrogens is 226 g/mol. The molecule has 2 nitrogen and oxygen atoms in total. The minimum absolute atomic E-state index is 0.252. The third-order valence-electron chi connectivity index (χ3n) is 1.19. The van der Waals surface area contributed by atoms with Crippen molar-refractivity contribution in [3.63, 3.8) is 0 Å². The summed E-state index contributed by atoms with van der Waals surface area (Å²) in [7, 11) is 0. The van der Waals surface area contributed by atoms with Crippen molar-refractivity contribution in [2.75, 3.05) is 13.2 Å². The van der Waals surface area contributed by atoms with Crippen LogP contribution in [-0.2, 0) is 4.74 Å². The summed E-state index contributed by atoms with van der Waals surface area (Å²) in [5, 5.41) is 3.05. The van der Waals surface area contributed by atoms with Gasteiger partial charge in [0, 0.05) is 18.2 Å². The molecule has 0 N–H and O–H groups in total. The van der Waals surface area contributed by atoms with E-state index in [4.69, 9.17) is 4.74 Å². The highest BCUT2D eigenvalue weighted by atomic mass is 79.9. The van der Waals surface area contributed by atoms with Gasteiger partial charge >= 0.3 is 0 Å². The maximum absolute atomic E-state index is 5.24. The van der Waals surface area contributed by atoms with Gasteiger partial charge in [-0.15, -0.1) is 11.3 Å². The highest BCUT2D eigenvalue weighted by Crippen LogP contribution is 2.24. The fourth-order valence-electron chi connectivity index (χ4n) is 0.682. The lowest BCUT2D eigenvalue weighted by Gasteiger charge is -2.04. The van der Waals surface area contributed by atoms with Gasteiger partial charge < -0.3 is 4.74 Å². The first kappa shape index (κ1) is 9.16. The Bertz CT molecular complexity index is 190. The van der Waals surface area contributed by atoms with Crippen LogP contribution in [0.3, 0.4) is 0 Å². The van der Waals surface area contributed by atoms with Crippen LogP contribution in [-0.4, -0.2) is 18.2 Å².